The minimum atomic E-state index is -3.41. The molecule has 33 heavy (non-hydrogen) atoms. The molecule has 1 unspecified atom stereocenters. The van der Waals surface area contributed by atoms with Gasteiger partial charge in [0, 0.05) is 30.6 Å². The highest BCUT2D eigenvalue weighted by molar-refractivity contribution is 7.88. The largest absolute Gasteiger partial charge is 0.487 e. The van der Waals surface area contributed by atoms with Gasteiger partial charge in [-0.3, -0.25) is 4.79 Å². The SMILES string of the molecule is CCC1(CC)CC(NC(=O)c2ccc(CS(=O)(=O)N3CCOCC3)cc2)c2ccccc2O1. The van der Waals surface area contributed by atoms with Crippen molar-refractivity contribution in [1.82, 2.24) is 9.62 Å². The van der Waals surface area contributed by atoms with Crippen LogP contribution in [0.4, 0.5) is 0 Å². The van der Waals surface area contributed by atoms with E-state index in [-0.39, 0.29) is 23.3 Å². The number of ether oxygens (including phenoxy) is 2. The van der Waals surface area contributed by atoms with Crippen molar-refractivity contribution in [2.45, 2.75) is 50.5 Å². The van der Waals surface area contributed by atoms with Gasteiger partial charge in [0.15, 0.2) is 0 Å². The topological polar surface area (TPSA) is 84.9 Å². The van der Waals surface area contributed by atoms with E-state index in [0.717, 1.165) is 24.2 Å². The van der Waals surface area contributed by atoms with Crippen LogP contribution < -0.4 is 10.1 Å². The molecule has 2 aliphatic heterocycles. The molecule has 2 aromatic carbocycles. The first kappa shape index (κ1) is 23.7. The van der Waals surface area contributed by atoms with Gasteiger partial charge < -0.3 is 14.8 Å². The summed E-state index contributed by atoms with van der Waals surface area (Å²) >= 11 is 0. The molecule has 1 amide bonds. The highest BCUT2D eigenvalue weighted by atomic mass is 32.2. The van der Waals surface area contributed by atoms with Gasteiger partial charge in [-0.15, -0.1) is 0 Å². The average molecular weight is 473 g/mol. The van der Waals surface area contributed by atoms with Crippen LogP contribution in [0.25, 0.3) is 0 Å². The first-order valence-electron chi connectivity index (χ1n) is 11.6. The number of nitrogens with zero attached hydrogens (tertiary/aromatic N) is 1. The van der Waals surface area contributed by atoms with Gasteiger partial charge in [-0.25, -0.2) is 8.42 Å². The number of amides is 1. The minimum Gasteiger partial charge on any atom is -0.487 e. The third-order valence-corrected chi connectivity index (χ3v) is 8.57. The number of para-hydroxylation sites is 1. The Hall–Kier alpha value is -2.42. The van der Waals surface area contributed by atoms with Gasteiger partial charge >= 0.3 is 0 Å². The van der Waals surface area contributed by atoms with Gasteiger partial charge in [0.1, 0.15) is 11.4 Å². The summed E-state index contributed by atoms with van der Waals surface area (Å²) < 4.78 is 38.3. The average Bonchev–Trinajstić information content (AvgIpc) is 2.84. The summed E-state index contributed by atoms with van der Waals surface area (Å²) in [6.45, 7) is 5.83. The van der Waals surface area contributed by atoms with E-state index in [2.05, 4.69) is 19.2 Å². The Morgan fingerprint density at radius 1 is 1.06 bits per heavy atom. The summed E-state index contributed by atoms with van der Waals surface area (Å²) in [6.07, 6.45) is 2.42. The molecular weight excluding hydrogens is 440 g/mol. The second-order valence-electron chi connectivity index (χ2n) is 8.72. The van der Waals surface area contributed by atoms with Gasteiger partial charge in [-0.2, -0.15) is 4.31 Å². The van der Waals surface area contributed by atoms with Crippen LogP contribution in [0.2, 0.25) is 0 Å². The van der Waals surface area contributed by atoms with Crippen molar-refractivity contribution in [2.75, 3.05) is 26.3 Å². The highest BCUT2D eigenvalue weighted by Gasteiger charge is 2.39. The van der Waals surface area contributed by atoms with Crippen LogP contribution in [-0.2, 0) is 20.5 Å². The molecule has 1 atom stereocenters. The number of nitrogens with one attached hydrogen (secondary N) is 1. The number of carbonyl (C=O) groups is 1. The van der Waals surface area contributed by atoms with Crippen molar-refractivity contribution in [3.8, 4) is 5.75 Å². The summed E-state index contributed by atoms with van der Waals surface area (Å²) in [5.41, 5.74) is 1.84. The van der Waals surface area contributed by atoms with Gasteiger partial charge in [0.05, 0.1) is 25.0 Å². The van der Waals surface area contributed by atoms with Gasteiger partial charge in [-0.05, 0) is 36.6 Å². The molecule has 0 aliphatic carbocycles. The van der Waals surface area contributed by atoms with Crippen LogP contribution in [0.15, 0.2) is 48.5 Å². The lowest BCUT2D eigenvalue weighted by atomic mass is 9.83. The minimum absolute atomic E-state index is 0.0856. The summed E-state index contributed by atoms with van der Waals surface area (Å²) in [5, 5.41) is 3.17. The lowest BCUT2D eigenvalue weighted by Gasteiger charge is -2.41. The number of benzene rings is 2. The highest BCUT2D eigenvalue weighted by Crippen LogP contribution is 2.42. The van der Waals surface area contributed by atoms with Crippen molar-refractivity contribution in [3.63, 3.8) is 0 Å². The summed E-state index contributed by atoms with van der Waals surface area (Å²) in [4.78, 5) is 13.1. The Morgan fingerprint density at radius 2 is 1.73 bits per heavy atom. The van der Waals surface area contributed by atoms with E-state index >= 15 is 0 Å². The van der Waals surface area contributed by atoms with Crippen molar-refractivity contribution >= 4 is 15.9 Å². The van der Waals surface area contributed by atoms with E-state index in [1.54, 1.807) is 24.3 Å². The molecule has 2 aliphatic rings. The number of rotatable bonds is 7. The molecule has 1 N–H and O–H groups in total. The van der Waals surface area contributed by atoms with Crippen LogP contribution in [0, 0.1) is 0 Å². The lowest BCUT2D eigenvalue weighted by Crippen LogP contribution is -2.44. The number of hydrogen-bond acceptors (Lipinski definition) is 5. The fraction of sp³-hybridized carbons (Fsp3) is 0.480. The van der Waals surface area contributed by atoms with Crippen molar-refractivity contribution in [1.29, 1.82) is 0 Å². The molecule has 8 heteroatoms. The predicted molar refractivity (Wildman–Crippen MR) is 127 cm³/mol. The first-order chi connectivity index (χ1) is 15.9. The molecule has 0 radical (unpaired) electrons. The third-order valence-electron chi connectivity index (χ3n) is 6.72. The summed E-state index contributed by atoms with van der Waals surface area (Å²) in [5.74, 6) is 0.555. The van der Waals surface area contributed by atoms with Crippen molar-refractivity contribution in [2.24, 2.45) is 0 Å². The predicted octanol–water partition coefficient (Wildman–Crippen LogP) is 3.66. The number of carbonyl (C=O) groups excluding carboxylic acids is 1. The number of sulfonamides is 1. The summed E-state index contributed by atoms with van der Waals surface area (Å²) in [7, 11) is -3.41. The molecule has 0 saturated carbocycles. The molecule has 0 aromatic heterocycles. The monoisotopic (exact) mass is 472 g/mol. The first-order valence-corrected chi connectivity index (χ1v) is 13.2. The van der Waals surface area contributed by atoms with E-state index in [1.807, 2.05) is 24.3 Å². The Bertz CT molecular complexity index is 1070. The van der Waals surface area contributed by atoms with E-state index < -0.39 is 10.0 Å². The van der Waals surface area contributed by atoms with Crippen LogP contribution >= 0.6 is 0 Å². The number of hydrogen-bond donors (Lipinski definition) is 1. The van der Waals surface area contributed by atoms with Crippen molar-refractivity contribution in [3.05, 3.63) is 65.2 Å². The van der Waals surface area contributed by atoms with Crippen LogP contribution in [0.1, 0.15) is 60.6 Å². The number of fused-ring (bicyclic) bond motifs is 1. The van der Waals surface area contributed by atoms with E-state index in [4.69, 9.17) is 9.47 Å². The van der Waals surface area contributed by atoms with E-state index in [1.165, 1.54) is 4.31 Å². The summed E-state index contributed by atoms with van der Waals surface area (Å²) in [6, 6.07) is 14.5. The molecule has 178 valence electrons. The fourth-order valence-electron chi connectivity index (χ4n) is 4.55. The van der Waals surface area contributed by atoms with E-state index in [9.17, 15) is 13.2 Å². The molecular formula is C25H32N2O5S. The molecule has 2 aromatic rings. The quantitative estimate of drug-likeness (QED) is 0.665. The third kappa shape index (κ3) is 5.23. The molecule has 1 fully saturated rings. The van der Waals surface area contributed by atoms with Gasteiger partial charge in [0.2, 0.25) is 10.0 Å². The molecule has 0 spiro atoms. The normalized spacial score (nSPS) is 20.5. The zero-order valence-corrected chi connectivity index (χ0v) is 20.1. The second-order valence-corrected chi connectivity index (χ2v) is 10.7. The Balaban J connectivity index is 1.46. The fourth-order valence-corrected chi connectivity index (χ4v) is 6.05. The van der Waals surface area contributed by atoms with Gasteiger partial charge in [-0.1, -0.05) is 44.2 Å². The van der Waals surface area contributed by atoms with Crippen LogP contribution in [-0.4, -0.2) is 50.5 Å². The second kappa shape index (κ2) is 9.83. The maximum Gasteiger partial charge on any atom is 0.251 e. The van der Waals surface area contributed by atoms with Gasteiger partial charge in [0.25, 0.3) is 5.91 Å². The zero-order valence-electron chi connectivity index (χ0n) is 19.2. The van der Waals surface area contributed by atoms with Crippen LogP contribution in [0.3, 0.4) is 0 Å². The van der Waals surface area contributed by atoms with E-state index in [0.29, 0.717) is 43.9 Å². The van der Waals surface area contributed by atoms with Crippen LogP contribution in [0.5, 0.6) is 5.75 Å². The Kier molecular flexibility index (Phi) is 7.07. The Labute approximate surface area is 196 Å². The smallest absolute Gasteiger partial charge is 0.251 e. The maximum atomic E-state index is 13.1. The Morgan fingerprint density at radius 3 is 2.39 bits per heavy atom. The maximum absolute atomic E-state index is 13.1. The number of morpholine rings is 1. The molecule has 0 bridgehead atoms. The van der Waals surface area contributed by atoms with Crippen molar-refractivity contribution < 1.29 is 22.7 Å². The molecule has 4 rings (SSSR count). The zero-order chi connectivity index (χ0) is 23.5. The lowest BCUT2D eigenvalue weighted by molar-refractivity contribution is 0.0227. The molecule has 2 heterocycles. The standard InChI is InChI=1S/C25H32N2O5S/c1-3-25(4-2)17-22(21-7-5-6-8-23(21)32-25)26-24(28)20-11-9-19(10-12-20)18-33(29,30)27-13-15-31-16-14-27/h5-12,22H,3-4,13-18H2,1-2H3,(H,26,28). The molecule has 1 saturated heterocycles. The molecule has 7 nitrogen and oxygen atoms in total.